The normalized spacial score (nSPS) is 13.0. The summed E-state index contributed by atoms with van der Waals surface area (Å²) in [5.41, 5.74) is 1.38. The topological polar surface area (TPSA) is 86.8 Å². The van der Waals surface area contributed by atoms with Crippen LogP contribution in [0.4, 0.5) is 0 Å². The SMILES string of the molecule is Cc1ccccc1CN(C(=O)CN(C)S(=O)(=O)c1ccc(Cl)cc1)[C@@H](C)C(=O)NC(C)(C)C. The minimum Gasteiger partial charge on any atom is -0.350 e. The Morgan fingerprint density at radius 2 is 1.64 bits per heavy atom. The number of likely N-dealkylation sites (N-methyl/N-ethyl adjacent to an activating group) is 1. The van der Waals surface area contributed by atoms with E-state index in [1.165, 1.54) is 36.2 Å². The number of halogens is 1. The molecular formula is C24H32ClN3O4S. The maximum Gasteiger partial charge on any atom is 0.243 e. The van der Waals surface area contributed by atoms with Crippen molar-refractivity contribution in [1.29, 1.82) is 0 Å². The van der Waals surface area contributed by atoms with Crippen LogP contribution in [0.15, 0.2) is 53.4 Å². The van der Waals surface area contributed by atoms with Crippen LogP contribution >= 0.6 is 11.6 Å². The van der Waals surface area contributed by atoms with Crippen molar-refractivity contribution in [3.63, 3.8) is 0 Å². The fourth-order valence-corrected chi connectivity index (χ4v) is 4.43. The summed E-state index contributed by atoms with van der Waals surface area (Å²) in [7, 11) is -2.57. The van der Waals surface area contributed by atoms with Gasteiger partial charge in [0.2, 0.25) is 21.8 Å². The monoisotopic (exact) mass is 493 g/mol. The Bertz CT molecular complexity index is 1100. The van der Waals surface area contributed by atoms with E-state index in [1.807, 2.05) is 52.0 Å². The van der Waals surface area contributed by atoms with Crippen LogP contribution in [0, 0.1) is 6.92 Å². The maximum absolute atomic E-state index is 13.3. The van der Waals surface area contributed by atoms with Crippen molar-refractivity contribution in [2.24, 2.45) is 0 Å². The molecule has 0 fully saturated rings. The molecule has 0 heterocycles. The molecule has 2 aromatic carbocycles. The zero-order chi connectivity index (χ0) is 25.0. The molecule has 180 valence electrons. The predicted molar refractivity (Wildman–Crippen MR) is 130 cm³/mol. The van der Waals surface area contributed by atoms with E-state index in [2.05, 4.69) is 5.32 Å². The Labute approximate surface area is 201 Å². The molecule has 9 heteroatoms. The highest BCUT2D eigenvalue weighted by atomic mass is 35.5. The first-order valence-electron chi connectivity index (χ1n) is 10.6. The van der Waals surface area contributed by atoms with E-state index in [0.29, 0.717) is 5.02 Å². The summed E-state index contributed by atoms with van der Waals surface area (Å²) in [6.45, 7) is 8.91. The molecule has 2 amide bonds. The predicted octanol–water partition coefficient (Wildman–Crippen LogP) is 3.60. The molecule has 2 rings (SSSR count). The number of hydrogen-bond donors (Lipinski definition) is 1. The molecule has 0 unspecified atom stereocenters. The fourth-order valence-electron chi connectivity index (χ4n) is 3.18. The molecule has 33 heavy (non-hydrogen) atoms. The molecular weight excluding hydrogens is 462 g/mol. The molecule has 0 aliphatic heterocycles. The van der Waals surface area contributed by atoms with Gasteiger partial charge in [-0.2, -0.15) is 4.31 Å². The van der Waals surface area contributed by atoms with Gasteiger partial charge in [0.05, 0.1) is 11.4 Å². The first kappa shape index (κ1) is 26.8. The Hall–Kier alpha value is -2.42. The number of hydrogen-bond acceptors (Lipinski definition) is 4. The molecule has 0 spiro atoms. The van der Waals surface area contributed by atoms with Crippen molar-refractivity contribution in [3.05, 3.63) is 64.7 Å². The molecule has 0 aliphatic rings. The summed E-state index contributed by atoms with van der Waals surface area (Å²) >= 11 is 5.86. The first-order chi connectivity index (χ1) is 15.2. The van der Waals surface area contributed by atoms with Crippen LogP contribution in [-0.2, 0) is 26.2 Å². The highest BCUT2D eigenvalue weighted by Crippen LogP contribution is 2.19. The van der Waals surface area contributed by atoms with Crippen molar-refractivity contribution in [3.8, 4) is 0 Å². The molecule has 0 saturated carbocycles. The second-order valence-corrected chi connectivity index (χ2v) is 11.6. The first-order valence-corrected chi connectivity index (χ1v) is 12.4. The molecule has 0 radical (unpaired) electrons. The molecule has 0 bridgehead atoms. The van der Waals surface area contributed by atoms with Crippen molar-refractivity contribution in [2.75, 3.05) is 13.6 Å². The molecule has 1 atom stereocenters. The van der Waals surface area contributed by atoms with E-state index >= 15 is 0 Å². The lowest BCUT2D eigenvalue weighted by molar-refractivity contribution is -0.141. The number of aryl methyl sites for hydroxylation is 1. The lowest BCUT2D eigenvalue weighted by Gasteiger charge is -2.32. The van der Waals surface area contributed by atoms with Crippen LogP contribution in [0.25, 0.3) is 0 Å². The summed E-state index contributed by atoms with van der Waals surface area (Å²) in [6, 6.07) is 12.5. The van der Waals surface area contributed by atoms with Gasteiger partial charge in [-0.3, -0.25) is 9.59 Å². The van der Waals surface area contributed by atoms with Crippen LogP contribution in [-0.4, -0.2) is 54.6 Å². The molecule has 7 nitrogen and oxygen atoms in total. The van der Waals surface area contributed by atoms with Gasteiger partial charge in [0, 0.05) is 24.2 Å². The third kappa shape index (κ3) is 7.28. The second-order valence-electron chi connectivity index (χ2n) is 9.08. The summed E-state index contributed by atoms with van der Waals surface area (Å²) in [6.07, 6.45) is 0. The number of rotatable bonds is 8. The third-order valence-electron chi connectivity index (χ3n) is 5.15. The van der Waals surface area contributed by atoms with E-state index in [9.17, 15) is 18.0 Å². The van der Waals surface area contributed by atoms with E-state index in [4.69, 9.17) is 11.6 Å². The van der Waals surface area contributed by atoms with Crippen molar-refractivity contribution < 1.29 is 18.0 Å². The van der Waals surface area contributed by atoms with E-state index < -0.39 is 34.1 Å². The molecule has 0 aromatic heterocycles. The van der Waals surface area contributed by atoms with Gasteiger partial charge in [-0.1, -0.05) is 35.9 Å². The Morgan fingerprint density at radius 3 is 2.18 bits per heavy atom. The highest BCUT2D eigenvalue weighted by Gasteiger charge is 2.31. The van der Waals surface area contributed by atoms with Gasteiger partial charge in [0.1, 0.15) is 6.04 Å². The van der Waals surface area contributed by atoms with Gasteiger partial charge in [0.25, 0.3) is 0 Å². The largest absolute Gasteiger partial charge is 0.350 e. The number of amides is 2. The Kier molecular flexibility index (Phi) is 8.68. The van der Waals surface area contributed by atoms with Crippen LogP contribution in [0.5, 0.6) is 0 Å². The minimum absolute atomic E-state index is 0.0335. The third-order valence-corrected chi connectivity index (χ3v) is 7.22. The van der Waals surface area contributed by atoms with E-state index in [0.717, 1.165) is 15.4 Å². The highest BCUT2D eigenvalue weighted by molar-refractivity contribution is 7.89. The Morgan fingerprint density at radius 1 is 1.06 bits per heavy atom. The number of carbonyl (C=O) groups is 2. The molecule has 2 aromatic rings. The fraction of sp³-hybridized carbons (Fsp3) is 0.417. The average Bonchev–Trinajstić information content (AvgIpc) is 2.71. The zero-order valence-electron chi connectivity index (χ0n) is 19.9. The van der Waals surface area contributed by atoms with Crippen molar-refractivity contribution >= 4 is 33.4 Å². The summed E-state index contributed by atoms with van der Waals surface area (Å²) in [4.78, 5) is 27.6. The van der Waals surface area contributed by atoms with Crippen LogP contribution < -0.4 is 5.32 Å². The second kappa shape index (κ2) is 10.7. The maximum atomic E-state index is 13.3. The van der Waals surface area contributed by atoms with Gasteiger partial charge in [-0.25, -0.2) is 8.42 Å². The number of carbonyl (C=O) groups excluding carboxylic acids is 2. The quantitative estimate of drug-likeness (QED) is 0.608. The number of sulfonamides is 1. The van der Waals surface area contributed by atoms with Gasteiger partial charge in [-0.05, 0) is 70.0 Å². The Balaban J connectivity index is 2.31. The average molecular weight is 494 g/mol. The smallest absolute Gasteiger partial charge is 0.243 e. The van der Waals surface area contributed by atoms with Crippen LogP contribution in [0.2, 0.25) is 5.02 Å². The van der Waals surface area contributed by atoms with E-state index in [-0.39, 0.29) is 17.3 Å². The van der Waals surface area contributed by atoms with Gasteiger partial charge >= 0.3 is 0 Å². The standard InChI is InChI=1S/C24H32ClN3O4S/c1-17-9-7-8-10-19(17)15-28(18(2)23(30)26-24(3,4)5)22(29)16-27(6)33(31,32)21-13-11-20(25)12-14-21/h7-14,18H,15-16H2,1-6H3,(H,26,30)/t18-/m0/s1. The lowest BCUT2D eigenvalue weighted by atomic mass is 10.1. The summed E-state index contributed by atoms with van der Waals surface area (Å²) in [5, 5.41) is 3.30. The number of nitrogens with zero attached hydrogens (tertiary/aromatic N) is 2. The summed E-state index contributed by atoms with van der Waals surface area (Å²) in [5.74, 6) is -0.789. The zero-order valence-corrected chi connectivity index (χ0v) is 21.5. The van der Waals surface area contributed by atoms with Crippen LogP contribution in [0.3, 0.4) is 0 Å². The molecule has 0 saturated heterocycles. The van der Waals surface area contributed by atoms with E-state index in [1.54, 1.807) is 6.92 Å². The van der Waals surface area contributed by atoms with Gasteiger partial charge < -0.3 is 10.2 Å². The minimum atomic E-state index is -3.91. The van der Waals surface area contributed by atoms with Gasteiger partial charge in [0.15, 0.2) is 0 Å². The van der Waals surface area contributed by atoms with Crippen LogP contribution in [0.1, 0.15) is 38.8 Å². The molecule has 1 N–H and O–H groups in total. The number of nitrogens with one attached hydrogen (secondary N) is 1. The van der Waals surface area contributed by atoms with Gasteiger partial charge in [-0.15, -0.1) is 0 Å². The van der Waals surface area contributed by atoms with Crippen molar-refractivity contribution in [1.82, 2.24) is 14.5 Å². The van der Waals surface area contributed by atoms with Crippen molar-refractivity contribution in [2.45, 2.75) is 57.6 Å². The summed E-state index contributed by atoms with van der Waals surface area (Å²) < 4.78 is 26.9. The number of benzene rings is 2. The molecule has 0 aliphatic carbocycles. The lowest BCUT2D eigenvalue weighted by Crippen LogP contribution is -2.54.